The van der Waals surface area contributed by atoms with E-state index in [9.17, 15) is 0 Å². The molecule has 1 atom stereocenters. The summed E-state index contributed by atoms with van der Waals surface area (Å²) in [4.78, 5) is 8.62. The number of anilines is 2. The van der Waals surface area contributed by atoms with Gasteiger partial charge in [0.1, 0.15) is 20.9 Å². The lowest BCUT2D eigenvalue weighted by Gasteiger charge is -2.31. The van der Waals surface area contributed by atoms with Gasteiger partial charge in [0.15, 0.2) is 5.82 Å². The number of nitrogens with one attached hydrogen (secondary N) is 1. The van der Waals surface area contributed by atoms with Crippen molar-refractivity contribution in [2.24, 2.45) is 0 Å². The summed E-state index contributed by atoms with van der Waals surface area (Å²) in [5.74, 6) is 1.96. The van der Waals surface area contributed by atoms with Crippen molar-refractivity contribution in [2.75, 3.05) is 49.7 Å². The Labute approximate surface area is 179 Å². The molecule has 3 aromatic rings. The molecular formula is C21H26N6O2S. The van der Waals surface area contributed by atoms with Gasteiger partial charge < -0.3 is 19.7 Å². The lowest BCUT2D eigenvalue weighted by molar-refractivity contribution is 0.120. The first kappa shape index (κ1) is 18.7. The van der Waals surface area contributed by atoms with E-state index in [4.69, 9.17) is 14.5 Å². The predicted molar refractivity (Wildman–Crippen MR) is 118 cm³/mol. The van der Waals surface area contributed by atoms with E-state index in [2.05, 4.69) is 25.6 Å². The standard InChI is InChI=1S/C21H26N6O2S/c1-2-6-15-14(5-1)16-17-18(19(25-26-24-17)22-12-13-4-3-9-29-13)30-21(16)23-20(15)27-7-10-28-11-8-27/h13H,1-12H2,(H,22,24,25). The Bertz CT molecular complexity index is 1070. The number of aromatic nitrogens is 4. The van der Waals surface area contributed by atoms with Gasteiger partial charge in [0.2, 0.25) is 0 Å². The summed E-state index contributed by atoms with van der Waals surface area (Å²) < 4.78 is 12.4. The molecule has 5 heterocycles. The molecule has 1 aliphatic carbocycles. The zero-order valence-corrected chi connectivity index (χ0v) is 17.8. The Balaban J connectivity index is 1.46. The maximum absolute atomic E-state index is 5.75. The highest BCUT2D eigenvalue weighted by molar-refractivity contribution is 7.26. The van der Waals surface area contributed by atoms with Crippen molar-refractivity contribution in [2.45, 2.75) is 44.6 Å². The van der Waals surface area contributed by atoms with Gasteiger partial charge in [-0.2, -0.15) is 0 Å². The highest BCUT2D eigenvalue weighted by Gasteiger charge is 2.27. The smallest absolute Gasteiger partial charge is 0.170 e. The Hall–Kier alpha value is -2.10. The summed E-state index contributed by atoms with van der Waals surface area (Å²) in [5, 5.41) is 17.5. The molecule has 1 unspecified atom stereocenters. The first-order valence-corrected chi connectivity index (χ1v) is 11.9. The number of thiophene rings is 1. The minimum absolute atomic E-state index is 0.253. The first-order chi connectivity index (χ1) is 14.9. The molecule has 3 aromatic heterocycles. The van der Waals surface area contributed by atoms with Gasteiger partial charge in [-0.3, -0.25) is 0 Å². The van der Waals surface area contributed by atoms with Crippen LogP contribution in [0.3, 0.4) is 0 Å². The number of rotatable bonds is 4. The van der Waals surface area contributed by atoms with E-state index in [1.54, 1.807) is 11.3 Å². The zero-order chi connectivity index (χ0) is 19.9. The molecule has 1 N–H and O–H groups in total. The van der Waals surface area contributed by atoms with Crippen LogP contribution in [0, 0.1) is 0 Å². The summed E-state index contributed by atoms with van der Waals surface area (Å²) >= 11 is 1.68. The second kappa shape index (κ2) is 7.86. The van der Waals surface area contributed by atoms with E-state index in [-0.39, 0.29) is 6.10 Å². The van der Waals surface area contributed by atoms with Crippen LogP contribution in [0.4, 0.5) is 11.6 Å². The highest BCUT2D eigenvalue weighted by atomic mass is 32.1. The normalized spacial score (nSPS) is 22.0. The van der Waals surface area contributed by atoms with Crippen LogP contribution >= 0.6 is 11.3 Å². The fraction of sp³-hybridized carbons (Fsp3) is 0.619. The van der Waals surface area contributed by atoms with Crippen LogP contribution in [0.2, 0.25) is 0 Å². The van der Waals surface area contributed by atoms with Gasteiger partial charge in [-0.15, -0.1) is 21.5 Å². The molecule has 2 aliphatic heterocycles. The van der Waals surface area contributed by atoms with E-state index in [1.165, 1.54) is 29.4 Å². The maximum atomic E-state index is 5.75. The van der Waals surface area contributed by atoms with E-state index in [0.717, 1.165) is 91.8 Å². The number of morpholine rings is 1. The van der Waals surface area contributed by atoms with E-state index in [1.807, 2.05) is 0 Å². The van der Waals surface area contributed by atoms with Crippen LogP contribution in [0.5, 0.6) is 0 Å². The number of nitrogens with zero attached hydrogens (tertiary/aromatic N) is 5. The molecule has 0 bridgehead atoms. The molecule has 6 rings (SSSR count). The average Bonchev–Trinajstić information content (AvgIpc) is 3.45. The van der Waals surface area contributed by atoms with Gasteiger partial charge >= 0.3 is 0 Å². The molecule has 158 valence electrons. The lowest BCUT2D eigenvalue weighted by Crippen LogP contribution is -2.37. The van der Waals surface area contributed by atoms with Crippen molar-refractivity contribution in [3.05, 3.63) is 11.1 Å². The minimum Gasteiger partial charge on any atom is -0.378 e. The third-order valence-electron chi connectivity index (χ3n) is 6.45. The Morgan fingerprint density at radius 3 is 2.73 bits per heavy atom. The van der Waals surface area contributed by atoms with Crippen molar-refractivity contribution in [1.29, 1.82) is 0 Å². The molecule has 0 amide bonds. The SMILES string of the molecule is C1CCc2c(c(N3CCOCC3)nc3sc4c(NCC5CCCO5)nnnc4c23)C1. The third kappa shape index (κ3) is 3.19. The van der Waals surface area contributed by atoms with Gasteiger partial charge in [-0.05, 0) is 54.9 Å². The monoisotopic (exact) mass is 426 g/mol. The van der Waals surface area contributed by atoms with Gasteiger partial charge in [-0.25, -0.2) is 4.98 Å². The van der Waals surface area contributed by atoms with Crippen LogP contribution in [0.1, 0.15) is 36.8 Å². The van der Waals surface area contributed by atoms with Crippen LogP contribution in [-0.4, -0.2) is 66.0 Å². The molecule has 0 spiro atoms. The van der Waals surface area contributed by atoms with Crippen LogP contribution in [0.15, 0.2) is 0 Å². The van der Waals surface area contributed by atoms with Crippen LogP contribution in [0.25, 0.3) is 20.4 Å². The fourth-order valence-electron chi connectivity index (χ4n) is 4.93. The van der Waals surface area contributed by atoms with Crippen molar-refractivity contribution < 1.29 is 9.47 Å². The average molecular weight is 427 g/mol. The van der Waals surface area contributed by atoms with Gasteiger partial charge in [0.05, 0.1) is 19.3 Å². The van der Waals surface area contributed by atoms with Gasteiger partial charge in [0, 0.05) is 31.6 Å². The summed E-state index contributed by atoms with van der Waals surface area (Å²) in [6.45, 7) is 4.97. The van der Waals surface area contributed by atoms with E-state index in [0.29, 0.717) is 0 Å². The number of hydrogen-bond acceptors (Lipinski definition) is 9. The van der Waals surface area contributed by atoms with E-state index < -0.39 is 0 Å². The highest BCUT2D eigenvalue weighted by Crippen LogP contribution is 2.42. The Kier molecular flexibility index (Phi) is 4.89. The third-order valence-corrected chi connectivity index (χ3v) is 7.53. The largest absolute Gasteiger partial charge is 0.378 e. The molecule has 9 heteroatoms. The molecular weight excluding hydrogens is 400 g/mol. The molecule has 2 saturated heterocycles. The minimum atomic E-state index is 0.253. The van der Waals surface area contributed by atoms with Crippen molar-refractivity contribution in [1.82, 2.24) is 20.4 Å². The Morgan fingerprint density at radius 2 is 1.90 bits per heavy atom. The number of aryl methyl sites for hydroxylation is 1. The molecule has 0 saturated carbocycles. The maximum Gasteiger partial charge on any atom is 0.170 e. The van der Waals surface area contributed by atoms with Gasteiger partial charge in [-0.1, -0.05) is 0 Å². The van der Waals surface area contributed by atoms with Crippen molar-refractivity contribution in [3.8, 4) is 0 Å². The molecule has 3 aliphatic rings. The second-order valence-corrected chi connectivity index (χ2v) is 9.31. The molecule has 0 radical (unpaired) electrons. The summed E-state index contributed by atoms with van der Waals surface area (Å²) in [6, 6.07) is 0. The quantitative estimate of drug-likeness (QED) is 0.682. The molecule has 30 heavy (non-hydrogen) atoms. The van der Waals surface area contributed by atoms with Crippen LogP contribution < -0.4 is 10.2 Å². The number of hydrogen-bond donors (Lipinski definition) is 1. The van der Waals surface area contributed by atoms with Crippen molar-refractivity contribution in [3.63, 3.8) is 0 Å². The fourth-order valence-corrected chi connectivity index (χ4v) is 6.03. The topological polar surface area (TPSA) is 85.3 Å². The lowest BCUT2D eigenvalue weighted by atomic mass is 9.90. The predicted octanol–water partition coefficient (Wildman–Crippen LogP) is 2.94. The second-order valence-electron chi connectivity index (χ2n) is 8.31. The number of fused-ring (bicyclic) bond motifs is 5. The number of pyridine rings is 1. The van der Waals surface area contributed by atoms with Crippen molar-refractivity contribution >= 4 is 43.4 Å². The van der Waals surface area contributed by atoms with E-state index >= 15 is 0 Å². The Morgan fingerprint density at radius 1 is 1.03 bits per heavy atom. The first-order valence-electron chi connectivity index (χ1n) is 11.0. The summed E-state index contributed by atoms with van der Waals surface area (Å²) in [5.41, 5.74) is 3.77. The number of ether oxygens (including phenoxy) is 2. The molecule has 2 fully saturated rings. The summed E-state index contributed by atoms with van der Waals surface area (Å²) in [6.07, 6.45) is 7.09. The zero-order valence-electron chi connectivity index (χ0n) is 17.0. The van der Waals surface area contributed by atoms with Gasteiger partial charge in [0.25, 0.3) is 0 Å². The molecule has 0 aromatic carbocycles. The van der Waals surface area contributed by atoms with Crippen LogP contribution in [-0.2, 0) is 22.3 Å². The summed E-state index contributed by atoms with van der Waals surface area (Å²) in [7, 11) is 0. The molecule has 8 nitrogen and oxygen atoms in total.